The largest absolute Gasteiger partial charge is 0.493 e. The molecule has 27 heavy (non-hydrogen) atoms. The molecule has 1 heterocycles. The van der Waals surface area contributed by atoms with E-state index in [1.807, 2.05) is 0 Å². The van der Waals surface area contributed by atoms with Crippen molar-refractivity contribution in [2.75, 3.05) is 20.8 Å². The minimum atomic E-state index is -5.34. The molecule has 0 saturated carbocycles. The number of esters is 1. The summed E-state index contributed by atoms with van der Waals surface area (Å²) in [5.74, 6) is -3.07. The lowest BCUT2D eigenvalue weighted by Crippen LogP contribution is -2.73. The van der Waals surface area contributed by atoms with E-state index in [-0.39, 0.29) is 17.9 Å². The quantitative estimate of drug-likeness (QED) is 0.656. The third-order valence-electron chi connectivity index (χ3n) is 4.11. The van der Waals surface area contributed by atoms with E-state index in [2.05, 4.69) is 5.32 Å². The summed E-state index contributed by atoms with van der Waals surface area (Å²) in [6.45, 7) is 1.20. The first-order valence-electron chi connectivity index (χ1n) is 7.85. The van der Waals surface area contributed by atoms with Gasteiger partial charge in [-0.05, 0) is 24.6 Å². The highest BCUT2D eigenvalue weighted by Crippen LogP contribution is 2.44. The Balaban J connectivity index is 2.60. The van der Waals surface area contributed by atoms with E-state index in [1.54, 1.807) is 0 Å². The third kappa shape index (κ3) is 3.72. The summed E-state index contributed by atoms with van der Waals surface area (Å²) in [6, 6.07) is 1.22. The zero-order chi connectivity index (χ0) is 20.4. The van der Waals surface area contributed by atoms with Crippen LogP contribution in [0.15, 0.2) is 18.2 Å². The number of urea groups is 1. The van der Waals surface area contributed by atoms with Crippen LogP contribution in [0.4, 0.5) is 18.0 Å². The number of nitrogens with one attached hydrogen (secondary N) is 2. The summed E-state index contributed by atoms with van der Waals surface area (Å²) in [7, 11) is 2.69. The molecular formula is C16H19F3N2O6. The highest BCUT2D eigenvalue weighted by atomic mass is 19.4. The van der Waals surface area contributed by atoms with Crippen LogP contribution in [0, 0.1) is 5.92 Å². The van der Waals surface area contributed by atoms with Crippen LogP contribution in [0.3, 0.4) is 0 Å². The molecule has 2 amide bonds. The second-order valence-electron chi connectivity index (χ2n) is 5.68. The van der Waals surface area contributed by atoms with Crippen molar-refractivity contribution >= 4 is 12.0 Å². The first-order valence-corrected chi connectivity index (χ1v) is 7.85. The minimum Gasteiger partial charge on any atom is -0.493 e. The smallest absolute Gasteiger partial charge is 0.437 e. The van der Waals surface area contributed by atoms with E-state index in [1.165, 1.54) is 44.7 Å². The highest BCUT2D eigenvalue weighted by molar-refractivity contribution is 5.83. The van der Waals surface area contributed by atoms with Crippen LogP contribution in [0.5, 0.6) is 11.5 Å². The van der Waals surface area contributed by atoms with E-state index >= 15 is 0 Å². The Morgan fingerprint density at radius 2 is 1.89 bits per heavy atom. The van der Waals surface area contributed by atoms with Crippen LogP contribution in [0.2, 0.25) is 0 Å². The molecule has 11 heteroatoms. The molecule has 0 aliphatic carbocycles. The van der Waals surface area contributed by atoms with Gasteiger partial charge in [0, 0.05) is 0 Å². The number of hydrogen-bond acceptors (Lipinski definition) is 6. The SMILES string of the molecule is CCOC(=O)[C@H]1[C@H](c2ccc(OC)c(OC)c2)NC(=O)N[C@]1(O)C(F)(F)F. The number of benzene rings is 1. The Bertz CT molecular complexity index is 727. The number of methoxy groups -OCH3 is 2. The van der Waals surface area contributed by atoms with Crippen LogP contribution in [-0.2, 0) is 9.53 Å². The number of rotatable bonds is 5. The second kappa shape index (κ2) is 7.51. The molecule has 0 spiro atoms. The van der Waals surface area contributed by atoms with Gasteiger partial charge in [0.25, 0.3) is 5.72 Å². The molecule has 1 fully saturated rings. The average molecular weight is 392 g/mol. The first kappa shape index (κ1) is 20.6. The molecule has 3 N–H and O–H groups in total. The number of aliphatic hydroxyl groups is 1. The molecule has 0 radical (unpaired) electrons. The molecule has 1 aliphatic rings. The summed E-state index contributed by atoms with van der Waals surface area (Å²) >= 11 is 0. The molecule has 1 aromatic rings. The van der Waals surface area contributed by atoms with Crippen molar-refractivity contribution in [2.45, 2.75) is 24.9 Å². The summed E-state index contributed by atoms with van der Waals surface area (Å²) < 4.78 is 55.6. The van der Waals surface area contributed by atoms with Crippen molar-refractivity contribution in [3.05, 3.63) is 23.8 Å². The molecule has 0 bridgehead atoms. The lowest BCUT2D eigenvalue weighted by atomic mass is 9.82. The molecule has 1 aromatic carbocycles. The molecule has 1 aliphatic heterocycles. The van der Waals surface area contributed by atoms with E-state index < -0.39 is 35.9 Å². The van der Waals surface area contributed by atoms with Gasteiger partial charge in [-0.3, -0.25) is 4.79 Å². The summed E-state index contributed by atoms with van der Waals surface area (Å²) in [5, 5.41) is 13.9. The Morgan fingerprint density at radius 1 is 1.26 bits per heavy atom. The van der Waals surface area contributed by atoms with Gasteiger partial charge in [-0.1, -0.05) is 6.07 Å². The number of amides is 2. The number of halogens is 3. The van der Waals surface area contributed by atoms with Gasteiger partial charge < -0.3 is 30.0 Å². The molecule has 8 nitrogen and oxygen atoms in total. The van der Waals surface area contributed by atoms with Gasteiger partial charge in [0.2, 0.25) is 0 Å². The zero-order valence-corrected chi connectivity index (χ0v) is 14.7. The van der Waals surface area contributed by atoms with E-state index in [9.17, 15) is 27.9 Å². The Kier molecular flexibility index (Phi) is 5.73. The molecule has 2 rings (SSSR count). The monoisotopic (exact) mass is 392 g/mol. The van der Waals surface area contributed by atoms with E-state index in [0.29, 0.717) is 5.75 Å². The van der Waals surface area contributed by atoms with Gasteiger partial charge in [-0.2, -0.15) is 13.2 Å². The summed E-state index contributed by atoms with van der Waals surface area (Å²) in [6.07, 6.45) is -5.34. The van der Waals surface area contributed by atoms with Crippen molar-refractivity contribution < 1.29 is 42.1 Å². The van der Waals surface area contributed by atoms with Crippen molar-refractivity contribution in [3.8, 4) is 11.5 Å². The van der Waals surface area contributed by atoms with Crippen LogP contribution >= 0.6 is 0 Å². The minimum absolute atomic E-state index is 0.0863. The standard InChI is InChI=1S/C16H19F3N2O6/c1-4-27-13(22)11-12(8-5-6-9(25-2)10(7-8)26-3)20-14(23)21-15(11,24)16(17,18)19/h5-7,11-12,24H,4H2,1-3H3,(H2,20,21,23)/t11-,12+,15-/m1/s1. The molecule has 0 aromatic heterocycles. The lowest BCUT2D eigenvalue weighted by molar-refractivity contribution is -0.294. The Labute approximate surface area is 152 Å². The van der Waals surface area contributed by atoms with Gasteiger partial charge >= 0.3 is 18.2 Å². The van der Waals surface area contributed by atoms with Gasteiger partial charge in [0.05, 0.1) is 26.9 Å². The number of carbonyl (C=O) groups excluding carboxylic acids is 2. The van der Waals surface area contributed by atoms with Crippen molar-refractivity contribution in [1.82, 2.24) is 10.6 Å². The van der Waals surface area contributed by atoms with Gasteiger partial charge in [-0.25, -0.2) is 4.79 Å². The maximum absolute atomic E-state index is 13.6. The summed E-state index contributed by atoms with van der Waals surface area (Å²) in [5.41, 5.74) is -3.73. The fourth-order valence-corrected chi connectivity index (χ4v) is 2.86. The number of carbonyl (C=O) groups is 2. The second-order valence-corrected chi connectivity index (χ2v) is 5.68. The first-order chi connectivity index (χ1) is 12.6. The molecule has 1 saturated heterocycles. The maximum atomic E-state index is 13.6. The normalized spacial score (nSPS) is 25.2. The van der Waals surface area contributed by atoms with E-state index in [0.717, 1.165) is 0 Å². The van der Waals surface area contributed by atoms with Crippen molar-refractivity contribution in [1.29, 1.82) is 0 Å². The van der Waals surface area contributed by atoms with Crippen molar-refractivity contribution in [2.24, 2.45) is 5.92 Å². The van der Waals surface area contributed by atoms with Crippen LogP contribution in [-0.4, -0.2) is 49.8 Å². The zero-order valence-electron chi connectivity index (χ0n) is 14.7. The van der Waals surface area contributed by atoms with Crippen LogP contribution in [0.1, 0.15) is 18.5 Å². The number of ether oxygens (including phenoxy) is 3. The fraction of sp³-hybridized carbons (Fsp3) is 0.500. The highest BCUT2D eigenvalue weighted by Gasteiger charge is 2.67. The predicted molar refractivity (Wildman–Crippen MR) is 85.1 cm³/mol. The van der Waals surface area contributed by atoms with Gasteiger partial charge in [0.15, 0.2) is 11.5 Å². The molecule has 0 unspecified atom stereocenters. The topological polar surface area (TPSA) is 106 Å². The molecule has 3 atom stereocenters. The molecule has 150 valence electrons. The lowest BCUT2D eigenvalue weighted by Gasteiger charge is -2.44. The summed E-state index contributed by atoms with van der Waals surface area (Å²) in [4.78, 5) is 24.1. The Hall–Kier alpha value is -2.69. The van der Waals surface area contributed by atoms with Gasteiger partial charge in [0.1, 0.15) is 5.92 Å². The number of hydrogen-bond donors (Lipinski definition) is 3. The van der Waals surface area contributed by atoms with Gasteiger partial charge in [-0.15, -0.1) is 0 Å². The van der Waals surface area contributed by atoms with Crippen molar-refractivity contribution in [3.63, 3.8) is 0 Å². The fourth-order valence-electron chi connectivity index (χ4n) is 2.86. The van der Waals surface area contributed by atoms with E-state index in [4.69, 9.17) is 14.2 Å². The maximum Gasteiger partial charge on any atom is 0.437 e. The molecular weight excluding hydrogens is 373 g/mol. The Morgan fingerprint density at radius 3 is 2.41 bits per heavy atom. The average Bonchev–Trinajstić information content (AvgIpc) is 2.59. The van der Waals surface area contributed by atoms with Crippen LogP contribution in [0.25, 0.3) is 0 Å². The van der Waals surface area contributed by atoms with Crippen LogP contribution < -0.4 is 20.1 Å². The third-order valence-corrected chi connectivity index (χ3v) is 4.11. The predicted octanol–water partition coefficient (Wildman–Crippen LogP) is 1.49. The number of alkyl halides is 3.